The Kier molecular flexibility index (Phi) is 4.26. The molecule has 1 aromatic rings. The molecule has 4 nitrogen and oxygen atoms in total. The van der Waals surface area contributed by atoms with Crippen molar-refractivity contribution in [3.63, 3.8) is 0 Å². The molecule has 0 bridgehead atoms. The van der Waals surface area contributed by atoms with Gasteiger partial charge in [-0.3, -0.25) is 9.59 Å². The second-order valence-electron chi connectivity index (χ2n) is 4.18. The maximum Gasteiger partial charge on any atom is 0.310 e. The monoisotopic (exact) mass is 236 g/mol. The Hall–Kier alpha value is -1.84. The third-order valence-corrected chi connectivity index (χ3v) is 2.75. The zero-order chi connectivity index (χ0) is 13.0. The van der Waals surface area contributed by atoms with Crippen LogP contribution in [0.15, 0.2) is 18.2 Å². The molecule has 0 radical (unpaired) electrons. The van der Waals surface area contributed by atoms with E-state index in [1.54, 1.807) is 6.07 Å². The second-order valence-corrected chi connectivity index (χ2v) is 4.18. The summed E-state index contributed by atoms with van der Waals surface area (Å²) in [6.45, 7) is 3.78. The Bertz CT molecular complexity index is 437. The summed E-state index contributed by atoms with van der Waals surface area (Å²) < 4.78 is 0. The van der Waals surface area contributed by atoms with Gasteiger partial charge in [-0.05, 0) is 31.4 Å². The predicted molar refractivity (Wildman–Crippen MR) is 63.2 cm³/mol. The summed E-state index contributed by atoms with van der Waals surface area (Å²) in [4.78, 5) is 21.7. The molecule has 1 aromatic carbocycles. The van der Waals surface area contributed by atoms with Gasteiger partial charge in [0.25, 0.3) is 0 Å². The highest BCUT2D eigenvalue weighted by Crippen LogP contribution is 2.25. The molecule has 0 amide bonds. The minimum atomic E-state index is -0.974. The lowest BCUT2D eigenvalue weighted by Crippen LogP contribution is -2.14. The molecule has 1 unspecified atom stereocenters. The third kappa shape index (κ3) is 3.59. The Morgan fingerprint density at radius 1 is 1.24 bits per heavy atom. The van der Waals surface area contributed by atoms with E-state index in [1.165, 1.54) is 0 Å². The van der Waals surface area contributed by atoms with Gasteiger partial charge in [-0.15, -0.1) is 0 Å². The van der Waals surface area contributed by atoms with E-state index in [1.807, 2.05) is 26.0 Å². The average molecular weight is 236 g/mol. The van der Waals surface area contributed by atoms with Gasteiger partial charge in [0.2, 0.25) is 0 Å². The molecule has 0 aliphatic carbocycles. The number of hydrogen-bond acceptors (Lipinski definition) is 2. The highest BCUT2D eigenvalue weighted by Gasteiger charge is 2.22. The first-order valence-electron chi connectivity index (χ1n) is 5.43. The van der Waals surface area contributed by atoms with Crippen molar-refractivity contribution in [2.24, 2.45) is 0 Å². The normalized spacial score (nSPS) is 12.1. The van der Waals surface area contributed by atoms with E-state index in [4.69, 9.17) is 10.2 Å². The molecule has 0 saturated carbocycles. The molecule has 0 aliphatic rings. The van der Waals surface area contributed by atoms with E-state index in [0.717, 1.165) is 11.1 Å². The smallest absolute Gasteiger partial charge is 0.310 e. The van der Waals surface area contributed by atoms with Gasteiger partial charge in [-0.25, -0.2) is 0 Å². The molecule has 1 atom stereocenters. The lowest BCUT2D eigenvalue weighted by Gasteiger charge is -2.14. The molecular weight excluding hydrogens is 220 g/mol. The number of aryl methyl sites for hydroxylation is 2. The lowest BCUT2D eigenvalue weighted by molar-refractivity contribution is -0.140. The van der Waals surface area contributed by atoms with Crippen LogP contribution in [0.25, 0.3) is 0 Å². The molecule has 92 valence electrons. The molecule has 0 heterocycles. The van der Waals surface area contributed by atoms with Gasteiger partial charge in [0.1, 0.15) is 0 Å². The molecular formula is C13H16O4. The zero-order valence-electron chi connectivity index (χ0n) is 9.93. The van der Waals surface area contributed by atoms with Crippen molar-refractivity contribution in [2.75, 3.05) is 0 Å². The molecule has 0 saturated heterocycles. The van der Waals surface area contributed by atoms with E-state index in [9.17, 15) is 9.59 Å². The number of carboxylic acid groups (broad SMARTS) is 2. The van der Waals surface area contributed by atoms with Crippen LogP contribution in [-0.2, 0) is 9.59 Å². The van der Waals surface area contributed by atoms with Crippen molar-refractivity contribution in [1.82, 2.24) is 0 Å². The molecule has 4 heteroatoms. The lowest BCUT2D eigenvalue weighted by atomic mass is 9.90. The van der Waals surface area contributed by atoms with Crippen LogP contribution in [0.2, 0.25) is 0 Å². The zero-order valence-corrected chi connectivity index (χ0v) is 9.93. The third-order valence-electron chi connectivity index (χ3n) is 2.75. The minimum absolute atomic E-state index is 0.120. The summed E-state index contributed by atoms with van der Waals surface area (Å²) in [5.41, 5.74) is 2.65. The number of aliphatic carboxylic acids is 2. The number of benzene rings is 1. The Labute approximate surface area is 99.9 Å². The van der Waals surface area contributed by atoms with Gasteiger partial charge in [-0.2, -0.15) is 0 Å². The van der Waals surface area contributed by atoms with Gasteiger partial charge in [-0.1, -0.05) is 23.8 Å². The number of hydrogen-bond donors (Lipinski definition) is 2. The molecule has 17 heavy (non-hydrogen) atoms. The van der Waals surface area contributed by atoms with Gasteiger partial charge >= 0.3 is 11.9 Å². The molecule has 0 aromatic heterocycles. The maximum absolute atomic E-state index is 11.2. The molecule has 0 spiro atoms. The average Bonchev–Trinajstić information content (AvgIpc) is 2.20. The molecule has 2 N–H and O–H groups in total. The van der Waals surface area contributed by atoms with Crippen molar-refractivity contribution in [3.8, 4) is 0 Å². The van der Waals surface area contributed by atoms with E-state index in [-0.39, 0.29) is 12.8 Å². The molecule has 0 fully saturated rings. The summed E-state index contributed by atoms with van der Waals surface area (Å²) in [7, 11) is 0. The summed E-state index contributed by atoms with van der Waals surface area (Å²) in [5, 5.41) is 17.8. The van der Waals surface area contributed by atoms with Crippen LogP contribution < -0.4 is 0 Å². The molecule has 1 rings (SSSR count). The van der Waals surface area contributed by atoms with E-state index in [2.05, 4.69) is 0 Å². The minimum Gasteiger partial charge on any atom is -0.481 e. The first-order chi connectivity index (χ1) is 7.91. The summed E-state index contributed by atoms with van der Waals surface area (Å²) in [5.74, 6) is -2.69. The topological polar surface area (TPSA) is 74.6 Å². The van der Waals surface area contributed by atoms with Crippen molar-refractivity contribution in [2.45, 2.75) is 32.6 Å². The highest BCUT2D eigenvalue weighted by molar-refractivity contribution is 5.77. The van der Waals surface area contributed by atoms with Gasteiger partial charge in [0.05, 0.1) is 5.92 Å². The Morgan fingerprint density at radius 3 is 2.35 bits per heavy atom. The quantitative estimate of drug-likeness (QED) is 0.822. The van der Waals surface area contributed by atoms with Crippen LogP contribution >= 0.6 is 0 Å². The number of rotatable bonds is 5. The maximum atomic E-state index is 11.2. The SMILES string of the molecule is Cc1ccc(C(CCC(=O)O)C(=O)O)c(C)c1. The number of carboxylic acids is 2. The van der Waals surface area contributed by atoms with E-state index < -0.39 is 17.9 Å². The largest absolute Gasteiger partial charge is 0.481 e. The van der Waals surface area contributed by atoms with Gasteiger partial charge in [0, 0.05) is 6.42 Å². The summed E-state index contributed by atoms with van der Waals surface area (Å²) >= 11 is 0. The fourth-order valence-corrected chi connectivity index (χ4v) is 1.90. The number of carbonyl (C=O) groups is 2. The standard InChI is InChI=1S/C13H16O4/c1-8-3-4-10(9(2)7-8)11(13(16)17)5-6-12(14)15/h3-4,7,11H,5-6H2,1-2H3,(H,14,15)(H,16,17). The van der Waals surface area contributed by atoms with Crippen molar-refractivity contribution >= 4 is 11.9 Å². The van der Waals surface area contributed by atoms with Crippen LogP contribution in [0, 0.1) is 13.8 Å². The van der Waals surface area contributed by atoms with E-state index >= 15 is 0 Å². The first-order valence-corrected chi connectivity index (χ1v) is 5.43. The Balaban J connectivity index is 2.97. The van der Waals surface area contributed by atoms with Crippen LogP contribution in [0.5, 0.6) is 0 Å². The summed E-state index contributed by atoms with van der Waals surface area (Å²) in [6.07, 6.45) is -0.0150. The van der Waals surface area contributed by atoms with Gasteiger partial charge in [0.15, 0.2) is 0 Å². The fourth-order valence-electron chi connectivity index (χ4n) is 1.90. The van der Waals surface area contributed by atoms with E-state index in [0.29, 0.717) is 5.56 Å². The van der Waals surface area contributed by atoms with Crippen molar-refractivity contribution in [1.29, 1.82) is 0 Å². The van der Waals surface area contributed by atoms with Crippen LogP contribution in [0.1, 0.15) is 35.4 Å². The predicted octanol–water partition coefficient (Wildman–Crippen LogP) is 2.34. The highest BCUT2D eigenvalue weighted by atomic mass is 16.4. The molecule has 0 aliphatic heterocycles. The van der Waals surface area contributed by atoms with Crippen molar-refractivity contribution < 1.29 is 19.8 Å². The van der Waals surface area contributed by atoms with Crippen molar-refractivity contribution in [3.05, 3.63) is 34.9 Å². The Morgan fingerprint density at radius 2 is 1.88 bits per heavy atom. The summed E-state index contributed by atoms with van der Waals surface area (Å²) in [6, 6.07) is 5.52. The fraction of sp³-hybridized carbons (Fsp3) is 0.385. The first kappa shape index (κ1) is 13.2. The second kappa shape index (κ2) is 5.48. The van der Waals surface area contributed by atoms with Gasteiger partial charge < -0.3 is 10.2 Å². The van der Waals surface area contributed by atoms with Crippen LogP contribution in [0.4, 0.5) is 0 Å². The van der Waals surface area contributed by atoms with Crippen LogP contribution in [-0.4, -0.2) is 22.2 Å². The van der Waals surface area contributed by atoms with Crippen LogP contribution in [0.3, 0.4) is 0 Å².